The third-order valence-electron chi connectivity index (χ3n) is 10.0. The van der Waals surface area contributed by atoms with Crippen molar-refractivity contribution >= 4 is 54.8 Å². The van der Waals surface area contributed by atoms with E-state index in [1.807, 2.05) is 6.07 Å². The van der Waals surface area contributed by atoms with Crippen LogP contribution in [-0.4, -0.2) is 70.7 Å². The normalized spacial score (nSPS) is 23.2. The lowest BCUT2D eigenvalue weighted by molar-refractivity contribution is -0.121. The fourth-order valence-electron chi connectivity index (χ4n) is 7.60. The molecule has 4 aromatic rings. The fourth-order valence-corrected chi connectivity index (χ4v) is 8.84. The van der Waals surface area contributed by atoms with Gasteiger partial charge in [0.15, 0.2) is 5.82 Å². The standard InChI is InChI=1S/C33H32ClF2N7O3S/c34-21-12-19-27(26(36)25(21)18-5-6-22(35)28-24(18)20(13-37)29(38)47-28)41-32(45-15-33-7-1-9-43(33)10-2-8-33)42-31(19)46-17-4-3-16(11-17)40-30(44)23-14-39-23/h5-6,12,16-17,23,39H,1-4,7-11,14-15,38H2,(H,40,44)/t16-,17+,23-/m1/s1. The van der Waals surface area contributed by atoms with E-state index in [4.69, 9.17) is 26.8 Å². The highest BCUT2D eigenvalue weighted by molar-refractivity contribution is 7.23. The van der Waals surface area contributed by atoms with E-state index in [2.05, 4.69) is 25.5 Å². The van der Waals surface area contributed by atoms with Crippen LogP contribution in [0.4, 0.5) is 13.8 Å². The summed E-state index contributed by atoms with van der Waals surface area (Å²) in [4.78, 5) is 23.9. The highest BCUT2D eigenvalue weighted by atomic mass is 35.5. The number of ether oxygens (including phenoxy) is 2. The van der Waals surface area contributed by atoms with E-state index < -0.39 is 11.6 Å². The monoisotopic (exact) mass is 679 g/mol. The summed E-state index contributed by atoms with van der Waals surface area (Å²) < 4.78 is 44.5. The minimum atomic E-state index is -0.777. The number of nitrogens with two attached hydrogens (primary N) is 1. The predicted octanol–water partition coefficient (Wildman–Crippen LogP) is 5.29. The molecule has 3 atom stereocenters. The quantitative estimate of drug-likeness (QED) is 0.211. The molecule has 0 radical (unpaired) electrons. The summed E-state index contributed by atoms with van der Waals surface area (Å²) in [5, 5.41) is 16.5. The lowest BCUT2D eigenvalue weighted by Gasteiger charge is -2.31. The number of carbonyl (C=O) groups is 1. The third-order valence-corrected chi connectivity index (χ3v) is 11.4. The number of nitrogens with zero attached hydrogens (tertiary/aromatic N) is 4. The average molecular weight is 680 g/mol. The minimum Gasteiger partial charge on any atom is -0.474 e. The predicted molar refractivity (Wildman–Crippen MR) is 175 cm³/mol. The zero-order chi connectivity index (χ0) is 32.4. The maximum Gasteiger partial charge on any atom is 0.320 e. The molecule has 3 aliphatic heterocycles. The number of hydrogen-bond donors (Lipinski definition) is 3. The van der Waals surface area contributed by atoms with Crippen LogP contribution in [-0.2, 0) is 4.79 Å². The molecule has 47 heavy (non-hydrogen) atoms. The number of carbonyl (C=O) groups excluding carboxylic acids is 1. The molecule has 4 N–H and O–H groups in total. The molecule has 0 spiro atoms. The van der Waals surface area contributed by atoms with E-state index in [1.165, 1.54) is 18.2 Å². The van der Waals surface area contributed by atoms with Crippen molar-refractivity contribution in [3.05, 3.63) is 40.4 Å². The summed E-state index contributed by atoms with van der Waals surface area (Å²) in [5.41, 5.74) is 6.14. The fraction of sp³-hybridized carbons (Fsp3) is 0.455. The number of aromatic nitrogens is 2. The minimum absolute atomic E-state index is 0.0126. The molecule has 2 aromatic heterocycles. The summed E-state index contributed by atoms with van der Waals surface area (Å²) >= 11 is 7.72. The van der Waals surface area contributed by atoms with Gasteiger partial charge in [0.05, 0.1) is 32.3 Å². The van der Waals surface area contributed by atoms with Crippen LogP contribution in [0.2, 0.25) is 5.02 Å². The van der Waals surface area contributed by atoms with Crippen molar-refractivity contribution in [2.24, 2.45) is 0 Å². The number of benzene rings is 2. The molecule has 1 saturated carbocycles. The molecule has 1 amide bonds. The molecule has 0 bridgehead atoms. The van der Waals surface area contributed by atoms with Gasteiger partial charge in [0.2, 0.25) is 11.8 Å². The van der Waals surface area contributed by atoms with Gasteiger partial charge in [-0.1, -0.05) is 17.7 Å². The van der Waals surface area contributed by atoms with Gasteiger partial charge in [-0.05, 0) is 69.3 Å². The molecule has 1 aliphatic carbocycles. The average Bonchev–Trinajstić information content (AvgIpc) is 3.31. The Morgan fingerprint density at radius 2 is 2.04 bits per heavy atom. The molecule has 3 saturated heterocycles. The van der Waals surface area contributed by atoms with Gasteiger partial charge in [0.1, 0.15) is 35.1 Å². The lowest BCUT2D eigenvalue weighted by atomic mass is 9.95. The molecule has 244 valence electrons. The first-order valence-corrected chi connectivity index (χ1v) is 17.1. The van der Waals surface area contributed by atoms with Crippen molar-refractivity contribution in [2.75, 3.05) is 32.0 Å². The summed E-state index contributed by atoms with van der Waals surface area (Å²) in [6, 6.07) is 5.97. The Morgan fingerprint density at radius 3 is 2.79 bits per heavy atom. The van der Waals surface area contributed by atoms with E-state index in [-0.39, 0.29) is 89.2 Å². The Morgan fingerprint density at radius 1 is 1.26 bits per heavy atom. The molecular formula is C33H32ClF2N7O3S. The number of rotatable bonds is 8. The highest BCUT2D eigenvalue weighted by Gasteiger charge is 2.45. The molecule has 4 aliphatic rings. The van der Waals surface area contributed by atoms with Gasteiger partial charge in [-0.25, -0.2) is 8.78 Å². The number of hydrogen-bond acceptors (Lipinski definition) is 10. The summed E-state index contributed by atoms with van der Waals surface area (Å²) in [6.07, 6.45) is 5.88. The number of nitrogen functional groups attached to an aromatic ring is 1. The van der Waals surface area contributed by atoms with Crippen molar-refractivity contribution in [3.63, 3.8) is 0 Å². The topological polar surface area (TPSA) is 148 Å². The van der Waals surface area contributed by atoms with Crippen molar-refractivity contribution in [1.82, 2.24) is 25.5 Å². The molecule has 4 fully saturated rings. The van der Waals surface area contributed by atoms with Crippen LogP contribution in [0.15, 0.2) is 18.2 Å². The number of fused-ring (bicyclic) bond motifs is 3. The van der Waals surface area contributed by atoms with Crippen LogP contribution in [0, 0.1) is 23.0 Å². The van der Waals surface area contributed by atoms with Gasteiger partial charge < -0.3 is 25.8 Å². The second-order valence-electron chi connectivity index (χ2n) is 12.9. The molecule has 14 heteroatoms. The summed E-state index contributed by atoms with van der Waals surface area (Å²) in [5.74, 6) is -1.23. The second-order valence-corrected chi connectivity index (χ2v) is 14.4. The first kappa shape index (κ1) is 30.5. The van der Waals surface area contributed by atoms with Gasteiger partial charge >= 0.3 is 6.01 Å². The Labute approximate surface area is 278 Å². The number of nitriles is 1. The van der Waals surface area contributed by atoms with E-state index in [0.717, 1.165) is 56.5 Å². The smallest absolute Gasteiger partial charge is 0.320 e. The van der Waals surface area contributed by atoms with Crippen molar-refractivity contribution in [3.8, 4) is 29.1 Å². The maximum absolute atomic E-state index is 16.9. The third kappa shape index (κ3) is 5.31. The van der Waals surface area contributed by atoms with E-state index in [0.29, 0.717) is 26.0 Å². The van der Waals surface area contributed by atoms with Gasteiger partial charge in [-0.2, -0.15) is 15.2 Å². The highest BCUT2D eigenvalue weighted by Crippen LogP contribution is 2.46. The molecule has 2 aromatic carbocycles. The van der Waals surface area contributed by atoms with Crippen LogP contribution in [0.5, 0.6) is 11.9 Å². The Hall–Kier alpha value is -3.83. The summed E-state index contributed by atoms with van der Waals surface area (Å²) in [7, 11) is 0. The largest absolute Gasteiger partial charge is 0.474 e. The van der Waals surface area contributed by atoms with E-state index in [1.54, 1.807) is 0 Å². The van der Waals surface area contributed by atoms with Gasteiger partial charge in [0.25, 0.3) is 0 Å². The Kier molecular flexibility index (Phi) is 7.59. The molecule has 0 unspecified atom stereocenters. The van der Waals surface area contributed by atoms with Crippen LogP contribution < -0.4 is 25.8 Å². The van der Waals surface area contributed by atoms with E-state index in [9.17, 15) is 14.4 Å². The number of nitrogens with one attached hydrogen (secondary N) is 2. The maximum atomic E-state index is 16.9. The second kappa shape index (κ2) is 11.7. The molecular weight excluding hydrogens is 648 g/mol. The Balaban J connectivity index is 1.20. The van der Waals surface area contributed by atoms with Gasteiger partial charge in [0, 0.05) is 30.0 Å². The van der Waals surface area contributed by atoms with Gasteiger partial charge in [-0.3, -0.25) is 9.69 Å². The van der Waals surface area contributed by atoms with Crippen LogP contribution in [0.1, 0.15) is 50.5 Å². The zero-order valence-corrected chi connectivity index (χ0v) is 26.9. The van der Waals surface area contributed by atoms with Crippen molar-refractivity contribution in [1.29, 1.82) is 5.26 Å². The van der Waals surface area contributed by atoms with E-state index >= 15 is 4.39 Å². The van der Waals surface area contributed by atoms with Crippen molar-refractivity contribution in [2.45, 2.75) is 68.7 Å². The number of thiophene rings is 1. The van der Waals surface area contributed by atoms with Crippen LogP contribution in [0.3, 0.4) is 0 Å². The Bertz CT molecular complexity index is 1970. The molecule has 5 heterocycles. The SMILES string of the molecule is N#Cc1c(N)sc2c(F)ccc(-c3c(Cl)cc4c(O[C@H]5CC[C@@H](NC(=O)[C@H]6CN6)C5)nc(OCC56CCCN5CCC6)nc4c3F)c12. The first-order chi connectivity index (χ1) is 22.7. The zero-order valence-electron chi connectivity index (χ0n) is 25.4. The number of halogens is 3. The summed E-state index contributed by atoms with van der Waals surface area (Å²) in [6.45, 7) is 3.09. The number of amides is 1. The number of anilines is 1. The van der Waals surface area contributed by atoms with Crippen molar-refractivity contribution < 1.29 is 23.0 Å². The van der Waals surface area contributed by atoms with Crippen LogP contribution in [0.25, 0.3) is 32.1 Å². The first-order valence-electron chi connectivity index (χ1n) is 15.9. The lowest BCUT2D eigenvalue weighted by Crippen LogP contribution is -2.43. The van der Waals surface area contributed by atoms with Gasteiger partial charge in [-0.15, -0.1) is 11.3 Å². The molecule has 10 nitrogen and oxygen atoms in total. The molecule has 8 rings (SSSR count). The van der Waals surface area contributed by atoms with Crippen LogP contribution >= 0.6 is 22.9 Å².